The van der Waals surface area contributed by atoms with Crippen LogP contribution in [-0.4, -0.2) is 53.4 Å². The number of nitro groups is 1. The molecule has 12 nitrogen and oxygen atoms in total. The number of anilines is 5. The summed E-state index contributed by atoms with van der Waals surface area (Å²) in [5, 5.41) is 26.5. The molecule has 2 aromatic carbocycles. The van der Waals surface area contributed by atoms with Gasteiger partial charge in [0, 0.05) is 62.8 Å². The molecule has 4 N–H and O–H groups in total. The van der Waals surface area contributed by atoms with Crippen molar-refractivity contribution in [3.05, 3.63) is 88.6 Å². The molecular weight excluding hydrogens is 510 g/mol. The summed E-state index contributed by atoms with van der Waals surface area (Å²) < 4.78 is 0. The van der Waals surface area contributed by atoms with Crippen LogP contribution < -0.4 is 26.4 Å². The van der Waals surface area contributed by atoms with E-state index < -0.39 is 4.92 Å². The maximum absolute atomic E-state index is 12.2. The van der Waals surface area contributed by atoms with Gasteiger partial charge in [-0.25, -0.2) is 4.98 Å². The number of piperazine rings is 1. The highest BCUT2D eigenvalue weighted by atomic mass is 16.6. The number of nitro benzene ring substituents is 1. The number of hydrogen-bond donors (Lipinski definition) is 4. The lowest BCUT2D eigenvalue weighted by Gasteiger charge is -2.35. The van der Waals surface area contributed by atoms with E-state index in [1.165, 1.54) is 24.4 Å². The average molecular weight is 542 g/mol. The second-order valence-electron chi connectivity index (χ2n) is 9.10. The number of carbonyl (C=O) groups excluding carboxylic acids is 1. The quantitative estimate of drug-likeness (QED) is 0.158. The van der Waals surface area contributed by atoms with E-state index in [4.69, 9.17) is 0 Å². The third-order valence-electron chi connectivity index (χ3n) is 6.61. The number of nitrogens with one attached hydrogen (secondary N) is 4. The van der Waals surface area contributed by atoms with Gasteiger partial charge < -0.3 is 20.4 Å². The number of likely N-dealkylation sites (N-methyl/N-ethyl adjacent to an activating group) is 1. The van der Waals surface area contributed by atoms with Crippen LogP contribution in [0.1, 0.15) is 18.1 Å². The summed E-state index contributed by atoms with van der Waals surface area (Å²) >= 11 is 0. The number of hydrazine groups is 1. The normalized spacial score (nSPS) is 13.2. The van der Waals surface area contributed by atoms with Crippen molar-refractivity contribution in [2.24, 2.45) is 0 Å². The molecule has 2 heterocycles. The Hall–Kier alpha value is -5.15. The molecule has 12 heteroatoms. The van der Waals surface area contributed by atoms with E-state index >= 15 is 0 Å². The number of carbonyl (C=O) groups is 1. The molecule has 1 aliphatic rings. The van der Waals surface area contributed by atoms with Gasteiger partial charge in [-0.3, -0.25) is 25.8 Å². The van der Waals surface area contributed by atoms with Gasteiger partial charge in [0.05, 0.1) is 27.5 Å². The fourth-order valence-corrected chi connectivity index (χ4v) is 4.27. The van der Waals surface area contributed by atoms with Crippen LogP contribution in [-0.2, 0) is 11.3 Å². The number of non-ortho nitro benzene ring substituents is 1. The lowest BCUT2D eigenvalue weighted by Crippen LogP contribution is -2.46. The second-order valence-corrected chi connectivity index (χ2v) is 9.10. The molecule has 1 amide bonds. The van der Waals surface area contributed by atoms with Crippen LogP contribution in [0.25, 0.3) is 0 Å². The third-order valence-corrected chi connectivity index (χ3v) is 6.61. The molecule has 0 radical (unpaired) electrons. The van der Waals surface area contributed by atoms with Crippen molar-refractivity contribution in [3.8, 4) is 6.07 Å². The number of nitrogens with zero attached hydrogens (tertiary/aromatic N) is 5. The van der Waals surface area contributed by atoms with Gasteiger partial charge in [0.1, 0.15) is 11.9 Å². The summed E-state index contributed by atoms with van der Waals surface area (Å²) in [7, 11) is 0. The van der Waals surface area contributed by atoms with Crippen molar-refractivity contribution >= 4 is 40.2 Å². The van der Waals surface area contributed by atoms with E-state index in [2.05, 4.69) is 55.8 Å². The summed E-state index contributed by atoms with van der Waals surface area (Å²) in [5.74, 6) is 0.108. The highest BCUT2D eigenvalue weighted by molar-refractivity contribution is 6.01. The Balaban J connectivity index is 1.47. The zero-order chi connectivity index (χ0) is 28.5. The van der Waals surface area contributed by atoms with Gasteiger partial charge in [0.2, 0.25) is 5.91 Å². The molecule has 1 fully saturated rings. The minimum absolute atomic E-state index is 0.0127. The topological polar surface area (TPSA) is 151 Å². The molecule has 0 aliphatic carbocycles. The Morgan fingerprint density at radius 1 is 1.10 bits per heavy atom. The molecule has 0 spiro atoms. The van der Waals surface area contributed by atoms with E-state index in [0.717, 1.165) is 44.0 Å². The zero-order valence-corrected chi connectivity index (χ0v) is 22.2. The summed E-state index contributed by atoms with van der Waals surface area (Å²) in [5.41, 5.74) is 10.1. The summed E-state index contributed by atoms with van der Waals surface area (Å²) in [6.45, 7) is 10.9. The van der Waals surface area contributed by atoms with Crippen molar-refractivity contribution in [1.29, 1.82) is 5.26 Å². The van der Waals surface area contributed by atoms with Crippen LogP contribution in [0.5, 0.6) is 0 Å². The monoisotopic (exact) mass is 541 g/mol. The number of rotatable bonds is 11. The number of pyridine rings is 1. The Morgan fingerprint density at radius 3 is 2.50 bits per heavy atom. The van der Waals surface area contributed by atoms with E-state index in [0.29, 0.717) is 35.0 Å². The lowest BCUT2D eigenvalue weighted by atomic mass is 10.2. The molecule has 1 aromatic heterocycles. The van der Waals surface area contributed by atoms with Crippen LogP contribution in [0.3, 0.4) is 0 Å². The molecule has 1 aliphatic heterocycles. The largest absolute Gasteiger partial charge is 0.380 e. The molecule has 0 bridgehead atoms. The fraction of sp³-hybridized carbons (Fsp3) is 0.250. The van der Waals surface area contributed by atoms with Gasteiger partial charge in [0.15, 0.2) is 0 Å². The number of aromatic nitrogens is 1. The van der Waals surface area contributed by atoms with Gasteiger partial charge >= 0.3 is 0 Å². The number of nitriles is 1. The molecule has 0 saturated carbocycles. The van der Waals surface area contributed by atoms with Crippen LogP contribution in [0.15, 0.2) is 67.4 Å². The smallest absolute Gasteiger partial charge is 0.269 e. The summed E-state index contributed by atoms with van der Waals surface area (Å²) in [6.07, 6.45) is 2.66. The van der Waals surface area contributed by atoms with Gasteiger partial charge in [-0.15, -0.1) is 0 Å². The molecule has 0 unspecified atom stereocenters. The standard InChI is InChI=1S/C28H31N9O3/c1-3-28(38)32-26-15-23(36-13-11-35(4-2)12-14-36)9-10-24(26)33-34-27-16-25(21(17-29)19-31-27)30-18-20-5-7-22(8-6-20)37(39)40/h3,5-10,15-16,19,33H,1,4,11-14,18H2,2H3,(H,32,38)(H2,30,31,34). The average Bonchev–Trinajstić information content (AvgIpc) is 2.99. The highest BCUT2D eigenvalue weighted by Crippen LogP contribution is 2.29. The molecule has 0 atom stereocenters. The zero-order valence-electron chi connectivity index (χ0n) is 22.2. The fourth-order valence-electron chi connectivity index (χ4n) is 4.27. The first-order valence-corrected chi connectivity index (χ1v) is 12.8. The maximum atomic E-state index is 12.2. The van der Waals surface area contributed by atoms with Crippen molar-refractivity contribution in [2.75, 3.05) is 59.1 Å². The Morgan fingerprint density at radius 2 is 1.85 bits per heavy atom. The first-order chi connectivity index (χ1) is 19.4. The van der Waals surface area contributed by atoms with Gasteiger partial charge in [-0.1, -0.05) is 25.6 Å². The van der Waals surface area contributed by atoms with E-state index in [-0.39, 0.29) is 11.6 Å². The van der Waals surface area contributed by atoms with Crippen LogP contribution in [0.4, 0.5) is 34.3 Å². The minimum Gasteiger partial charge on any atom is -0.380 e. The number of hydrogen-bond acceptors (Lipinski definition) is 10. The highest BCUT2D eigenvalue weighted by Gasteiger charge is 2.17. The van der Waals surface area contributed by atoms with Crippen molar-refractivity contribution in [3.63, 3.8) is 0 Å². The molecular formula is C28H31N9O3. The van der Waals surface area contributed by atoms with Crippen LogP contribution >= 0.6 is 0 Å². The Bertz CT molecular complexity index is 1410. The molecule has 4 rings (SSSR count). The van der Waals surface area contributed by atoms with Crippen LogP contribution in [0.2, 0.25) is 0 Å². The van der Waals surface area contributed by atoms with E-state index in [1.54, 1.807) is 18.2 Å². The SMILES string of the molecule is C=CC(=O)Nc1cc(N2CCN(CC)CC2)ccc1NNc1cc(NCc2ccc([N+](=O)[O-])cc2)c(C#N)cn1. The van der Waals surface area contributed by atoms with Crippen molar-refractivity contribution in [1.82, 2.24) is 9.88 Å². The lowest BCUT2D eigenvalue weighted by molar-refractivity contribution is -0.384. The Labute approximate surface area is 232 Å². The first-order valence-electron chi connectivity index (χ1n) is 12.8. The molecule has 40 heavy (non-hydrogen) atoms. The van der Waals surface area contributed by atoms with E-state index in [1.807, 2.05) is 18.2 Å². The summed E-state index contributed by atoms with van der Waals surface area (Å²) in [6, 6.07) is 15.8. The van der Waals surface area contributed by atoms with Crippen molar-refractivity contribution in [2.45, 2.75) is 13.5 Å². The van der Waals surface area contributed by atoms with Crippen molar-refractivity contribution < 1.29 is 9.72 Å². The third kappa shape index (κ3) is 7.03. The minimum atomic E-state index is -0.450. The molecule has 3 aromatic rings. The molecule has 1 saturated heterocycles. The predicted molar refractivity (Wildman–Crippen MR) is 156 cm³/mol. The molecule has 206 valence electrons. The number of amides is 1. The second kappa shape index (κ2) is 13.1. The van der Waals surface area contributed by atoms with Gasteiger partial charge in [0.25, 0.3) is 5.69 Å². The first kappa shape index (κ1) is 27.9. The Kier molecular flexibility index (Phi) is 9.11. The summed E-state index contributed by atoms with van der Waals surface area (Å²) in [4.78, 5) is 31.6. The number of benzene rings is 2. The van der Waals surface area contributed by atoms with Gasteiger partial charge in [-0.05, 0) is 36.4 Å². The van der Waals surface area contributed by atoms with Crippen LogP contribution in [0, 0.1) is 21.4 Å². The van der Waals surface area contributed by atoms with Gasteiger partial charge in [-0.2, -0.15) is 5.26 Å². The van der Waals surface area contributed by atoms with E-state index in [9.17, 15) is 20.2 Å². The predicted octanol–water partition coefficient (Wildman–Crippen LogP) is 4.18. The maximum Gasteiger partial charge on any atom is 0.269 e.